The molecule has 0 saturated heterocycles. The second kappa shape index (κ2) is 4.20. The molecule has 1 atom stereocenters. The molecule has 0 unspecified atom stereocenters. The zero-order valence-corrected chi connectivity index (χ0v) is 7.79. The first-order chi connectivity index (χ1) is 5.81. The Labute approximate surface area is 75.9 Å². The lowest BCUT2D eigenvalue weighted by Crippen LogP contribution is -2.54. The van der Waals surface area contributed by atoms with Gasteiger partial charge >= 0.3 is 5.97 Å². The maximum Gasteiger partial charge on any atom is 0.325 e. The van der Waals surface area contributed by atoms with Crippen molar-refractivity contribution < 1.29 is 19.9 Å². The molecule has 0 aromatic rings. The largest absolute Gasteiger partial charge is 0.480 e. The maximum absolute atomic E-state index is 11.2. The molecule has 0 spiro atoms. The fourth-order valence-corrected chi connectivity index (χ4v) is 0.490. The molecular formula is C7H14N2O4. The van der Waals surface area contributed by atoms with Gasteiger partial charge < -0.3 is 15.6 Å². The number of rotatable bonds is 4. The summed E-state index contributed by atoms with van der Waals surface area (Å²) in [6.45, 7) is 4.20. The van der Waals surface area contributed by atoms with Gasteiger partial charge in [0, 0.05) is 0 Å². The van der Waals surface area contributed by atoms with Gasteiger partial charge in [-0.25, -0.2) is 0 Å². The van der Waals surface area contributed by atoms with Crippen LogP contribution in [0.2, 0.25) is 0 Å². The fraction of sp³-hybridized carbons (Fsp3) is 0.714. The molecule has 0 aromatic heterocycles. The van der Waals surface area contributed by atoms with E-state index in [0.717, 1.165) is 0 Å². The van der Waals surface area contributed by atoms with Crippen LogP contribution < -0.4 is 10.8 Å². The van der Waals surface area contributed by atoms with Crippen molar-refractivity contribution >= 4 is 11.9 Å². The monoisotopic (exact) mass is 190 g/mol. The van der Waals surface area contributed by atoms with E-state index in [9.17, 15) is 9.59 Å². The second-order valence-electron chi connectivity index (χ2n) is 3.27. The van der Waals surface area contributed by atoms with E-state index in [2.05, 4.69) is 5.32 Å². The van der Waals surface area contributed by atoms with E-state index in [1.165, 1.54) is 20.8 Å². The number of carbonyl (C=O) groups excluding carboxylic acids is 1. The Kier molecular flexibility index (Phi) is 3.83. The van der Waals surface area contributed by atoms with Crippen LogP contribution in [0.25, 0.3) is 0 Å². The molecule has 0 aromatic carbocycles. The van der Waals surface area contributed by atoms with Crippen molar-refractivity contribution in [3.63, 3.8) is 0 Å². The Morgan fingerprint density at radius 1 is 1.38 bits per heavy atom. The van der Waals surface area contributed by atoms with E-state index in [-0.39, 0.29) is 0 Å². The van der Waals surface area contributed by atoms with Crippen molar-refractivity contribution in [2.75, 3.05) is 0 Å². The van der Waals surface area contributed by atoms with Crippen LogP contribution in [0.15, 0.2) is 0 Å². The molecule has 0 fully saturated rings. The van der Waals surface area contributed by atoms with Crippen LogP contribution in [0.3, 0.4) is 0 Å². The first kappa shape index (κ1) is 11.9. The Bertz CT molecular complexity index is 215. The summed E-state index contributed by atoms with van der Waals surface area (Å²) in [5.74, 6) is -1.70. The van der Waals surface area contributed by atoms with E-state index in [1.54, 1.807) is 5.48 Å². The van der Waals surface area contributed by atoms with Gasteiger partial charge in [-0.2, -0.15) is 5.48 Å². The Morgan fingerprint density at radius 3 is 2.15 bits per heavy atom. The van der Waals surface area contributed by atoms with E-state index in [1.807, 2.05) is 0 Å². The fourth-order valence-electron chi connectivity index (χ4n) is 0.490. The number of hydroxylamine groups is 1. The number of amides is 1. The minimum Gasteiger partial charge on any atom is -0.480 e. The summed E-state index contributed by atoms with van der Waals surface area (Å²) < 4.78 is 0. The number of hydrogen-bond acceptors (Lipinski definition) is 4. The maximum atomic E-state index is 11.2. The number of carbonyl (C=O) groups is 2. The van der Waals surface area contributed by atoms with Crippen LogP contribution in [0, 0.1) is 0 Å². The Hall–Kier alpha value is -1.14. The Morgan fingerprint density at radius 2 is 1.85 bits per heavy atom. The normalized spacial score (nSPS) is 13.5. The van der Waals surface area contributed by atoms with Gasteiger partial charge in [-0.05, 0) is 20.8 Å². The lowest BCUT2D eigenvalue weighted by Gasteiger charge is -2.22. The molecule has 0 aliphatic rings. The van der Waals surface area contributed by atoms with Crippen LogP contribution in [-0.2, 0) is 9.59 Å². The molecule has 13 heavy (non-hydrogen) atoms. The standard InChI is InChI=1S/C7H14N2O4/c1-4(5(10)11)8-6(12)7(2,3)9-13/h4,9,13H,1-3H3,(H,8,12)(H,10,11)/t4-/m0/s1. The summed E-state index contributed by atoms with van der Waals surface area (Å²) in [5.41, 5.74) is 0.590. The zero-order chi connectivity index (χ0) is 10.6. The smallest absolute Gasteiger partial charge is 0.325 e. The Balaban J connectivity index is 4.23. The van der Waals surface area contributed by atoms with Gasteiger partial charge in [0.05, 0.1) is 0 Å². The zero-order valence-electron chi connectivity index (χ0n) is 7.79. The lowest BCUT2D eigenvalue weighted by molar-refractivity contribution is -0.143. The molecule has 6 heteroatoms. The van der Waals surface area contributed by atoms with Crippen molar-refractivity contribution in [2.45, 2.75) is 32.4 Å². The van der Waals surface area contributed by atoms with E-state index in [0.29, 0.717) is 0 Å². The van der Waals surface area contributed by atoms with E-state index >= 15 is 0 Å². The quantitative estimate of drug-likeness (QED) is 0.441. The predicted octanol–water partition coefficient (Wildman–Crippen LogP) is -0.667. The summed E-state index contributed by atoms with van der Waals surface area (Å²) >= 11 is 0. The van der Waals surface area contributed by atoms with Crippen LogP contribution in [0.1, 0.15) is 20.8 Å². The van der Waals surface area contributed by atoms with E-state index < -0.39 is 23.5 Å². The van der Waals surface area contributed by atoms with Gasteiger partial charge in [0.25, 0.3) is 0 Å². The molecule has 0 heterocycles. The van der Waals surface area contributed by atoms with Crippen molar-refractivity contribution in [3.05, 3.63) is 0 Å². The van der Waals surface area contributed by atoms with Gasteiger partial charge in [-0.1, -0.05) is 0 Å². The highest BCUT2D eigenvalue weighted by atomic mass is 16.5. The van der Waals surface area contributed by atoms with Gasteiger partial charge in [-0.15, -0.1) is 0 Å². The highest BCUT2D eigenvalue weighted by Crippen LogP contribution is 2.00. The SMILES string of the molecule is C[C@H](NC(=O)C(C)(C)NO)C(=O)O. The summed E-state index contributed by atoms with van der Waals surface area (Å²) in [4.78, 5) is 21.6. The molecule has 0 aliphatic carbocycles. The molecule has 0 saturated carbocycles. The van der Waals surface area contributed by atoms with Crippen LogP contribution in [0.4, 0.5) is 0 Å². The highest BCUT2D eigenvalue weighted by Gasteiger charge is 2.28. The summed E-state index contributed by atoms with van der Waals surface area (Å²) in [5, 5.41) is 19.2. The van der Waals surface area contributed by atoms with E-state index in [4.69, 9.17) is 10.3 Å². The summed E-state index contributed by atoms with van der Waals surface area (Å²) in [7, 11) is 0. The van der Waals surface area contributed by atoms with Gasteiger partial charge in [0.1, 0.15) is 11.6 Å². The molecule has 4 N–H and O–H groups in total. The highest BCUT2D eigenvalue weighted by molar-refractivity contribution is 5.89. The van der Waals surface area contributed by atoms with Crippen molar-refractivity contribution in [2.24, 2.45) is 0 Å². The van der Waals surface area contributed by atoms with Crippen LogP contribution >= 0.6 is 0 Å². The van der Waals surface area contributed by atoms with Gasteiger partial charge in [0.2, 0.25) is 5.91 Å². The molecule has 0 radical (unpaired) electrons. The number of nitrogens with one attached hydrogen (secondary N) is 2. The summed E-state index contributed by atoms with van der Waals surface area (Å²) in [6, 6.07) is -0.972. The third-order valence-electron chi connectivity index (χ3n) is 1.57. The minimum atomic E-state index is -1.19. The molecule has 6 nitrogen and oxygen atoms in total. The van der Waals surface area contributed by atoms with Crippen molar-refractivity contribution in [1.82, 2.24) is 10.8 Å². The van der Waals surface area contributed by atoms with Gasteiger partial charge in [-0.3, -0.25) is 9.59 Å². The third kappa shape index (κ3) is 3.39. The molecule has 0 aliphatic heterocycles. The molecule has 76 valence electrons. The lowest BCUT2D eigenvalue weighted by atomic mass is 10.1. The average molecular weight is 190 g/mol. The molecule has 1 amide bonds. The average Bonchev–Trinajstić information content (AvgIpc) is 2.04. The van der Waals surface area contributed by atoms with Crippen molar-refractivity contribution in [3.8, 4) is 0 Å². The van der Waals surface area contributed by atoms with Gasteiger partial charge in [0.15, 0.2) is 0 Å². The summed E-state index contributed by atoms with van der Waals surface area (Å²) in [6.07, 6.45) is 0. The predicted molar refractivity (Wildman–Crippen MR) is 44.2 cm³/mol. The topological polar surface area (TPSA) is 98.7 Å². The molecule has 0 bridgehead atoms. The number of carboxylic acids is 1. The van der Waals surface area contributed by atoms with Crippen LogP contribution in [-0.4, -0.2) is 33.8 Å². The second-order valence-corrected chi connectivity index (χ2v) is 3.27. The minimum absolute atomic E-state index is 0.579. The first-order valence-electron chi connectivity index (χ1n) is 3.76. The first-order valence-corrected chi connectivity index (χ1v) is 3.76. The third-order valence-corrected chi connectivity index (χ3v) is 1.57. The number of carboxylic acid groups (broad SMARTS) is 1. The van der Waals surface area contributed by atoms with Crippen LogP contribution in [0.5, 0.6) is 0 Å². The molecule has 0 rings (SSSR count). The number of aliphatic carboxylic acids is 1. The molecular weight excluding hydrogens is 176 g/mol. The number of hydrogen-bond donors (Lipinski definition) is 4. The van der Waals surface area contributed by atoms with Crippen molar-refractivity contribution in [1.29, 1.82) is 0 Å².